The number of hydrogen-bond donors (Lipinski definition) is 2. The highest BCUT2D eigenvalue weighted by Gasteiger charge is 2.20. The van der Waals surface area contributed by atoms with E-state index < -0.39 is 0 Å². The fourth-order valence-electron chi connectivity index (χ4n) is 3.31. The third-order valence-electron chi connectivity index (χ3n) is 4.87. The molecule has 2 aromatic rings. The predicted molar refractivity (Wildman–Crippen MR) is 99.0 cm³/mol. The van der Waals surface area contributed by atoms with Crippen LogP contribution < -0.4 is 10.9 Å². The van der Waals surface area contributed by atoms with E-state index in [2.05, 4.69) is 44.6 Å². The Kier molecular flexibility index (Phi) is 5.23. The average Bonchev–Trinajstić information content (AvgIpc) is 2.55. The molecule has 0 radical (unpaired) electrons. The summed E-state index contributed by atoms with van der Waals surface area (Å²) in [5, 5.41) is 0. The van der Waals surface area contributed by atoms with Crippen molar-refractivity contribution >= 4 is 15.9 Å². The molecule has 2 N–H and O–H groups in total. The summed E-state index contributed by atoms with van der Waals surface area (Å²) in [5.41, 5.74) is 9.12. The Balaban J connectivity index is 1.71. The molecular weight excluding hydrogens is 368 g/mol. The van der Waals surface area contributed by atoms with E-state index in [-0.39, 0.29) is 18.1 Å². The van der Waals surface area contributed by atoms with E-state index in [0.29, 0.717) is 5.56 Å². The van der Waals surface area contributed by atoms with Gasteiger partial charge in [-0.2, -0.15) is 5.48 Å². The molecular formula is C19H23BrN2O2. The number of H-pyrrole nitrogens is 1. The van der Waals surface area contributed by atoms with Gasteiger partial charge in [0.2, 0.25) is 0 Å². The van der Waals surface area contributed by atoms with Crippen molar-refractivity contribution in [1.82, 2.24) is 10.5 Å². The van der Waals surface area contributed by atoms with E-state index in [4.69, 9.17) is 4.84 Å². The first-order chi connectivity index (χ1) is 11.5. The Labute approximate surface area is 150 Å². The fourth-order valence-corrected chi connectivity index (χ4v) is 3.72. The summed E-state index contributed by atoms with van der Waals surface area (Å²) in [6.07, 6.45) is 3.27. The Morgan fingerprint density at radius 3 is 2.88 bits per heavy atom. The van der Waals surface area contributed by atoms with Crippen molar-refractivity contribution in [2.24, 2.45) is 0 Å². The lowest BCUT2D eigenvalue weighted by Crippen LogP contribution is -2.27. The van der Waals surface area contributed by atoms with Gasteiger partial charge in [0.15, 0.2) is 5.43 Å². The second-order valence-electron chi connectivity index (χ2n) is 6.50. The van der Waals surface area contributed by atoms with E-state index in [1.165, 1.54) is 11.1 Å². The Morgan fingerprint density at radius 2 is 2.08 bits per heavy atom. The molecule has 24 heavy (non-hydrogen) atoms. The van der Waals surface area contributed by atoms with Crippen LogP contribution in [0.4, 0.5) is 0 Å². The molecule has 3 rings (SSSR count). The van der Waals surface area contributed by atoms with E-state index in [1.807, 2.05) is 20.8 Å². The zero-order valence-corrected chi connectivity index (χ0v) is 15.9. The number of hydrogen-bond acceptors (Lipinski definition) is 3. The van der Waals surface area contributed by atoms with Gasteiger partial charge in [-0.15, -0.1) is 0 Å². The number of halogens is 1. The summed E-state index contributed by atoms with van der Waals surface area (Å²) in [5.74, 6) is 0. The van der Waals surface area contributed by atoms with Gasteiger partial charge in [0.05, 0.1) is 12.6 Å². The molecule has 0 saturated heterocycles. The second kappa shape index (κ2) is 7.21. The summed E-state index contributed by atoms with van der Waals surface area (Å²) < 4.78 is 1.11. The molecule has 1 aromatic heterocycles. The molecule has 0 spiro atoms. The predicted octanol–water partition coefficient (Wildman–Crippen LogP) is 4.16. The topological polar surface area (TPSA) is 54.1 Å². The van der Waals surface area contributed by atoms with Crippen LogP contribution >= 0.6 is 15.9 Å². The second-order valence-corrected chi connectivity index (χ2v) is 7.42. The molecule has 1 aromatic carbocycles. The molecule has 5 heteroatoms. The van der Waals surface area contributed by atoms with Crippen molar-refractivity contribution in [3.63, 3.8) is 0 Å². The maximum atomic E-state index is 12.4. The Bertz CT molecular complexity index is 814. The van der Waals surface area contributed by atoms with Crippen LogP contribution in [0.1, 0.15) is 52.5 Å². The van der Waals surface area contributed by atoms with Gasteiger partial charge in [0.1, 0.15) is 0 Å². The van der Waals surface area contributed by atoms with Crippen LogP contribution in [0.5, 0.6) is 0 Å². The van der Waals surface area contributed by atoms with E-state index >= 15 is 0 Å². The number of nitrogens with one attached hydrogen (secondary N) is 2. The van der Waals surface area contributed by atoms with Gasteiger partial charge in [0.25, 0.3) is 0 Å². The normalized spacial score (nSPS) is 16.9. The zero-order valence-electron chi connectivity index (χ0n) is 14.3. The molecule has 1 unspecified atom stereocenters. The van der Waals surface area contributed by atoms with Crippen LogP contribution in [-0.4, -0.2) is 4.98 Å². The minimum atomic E-state index is 0.0681. The van der Waals surface area contributed by atoms with Gasteiger partial charge in [-0.1, -0.05) is 22.0 Å². The highest BCUT2D eigenvalue weighted by Crippen LogP contribution is 2.31. The van der Waals surface area contributed by atoms with Crippen molar-refractivity contribution in [3.05, 3.63) is 66.5 Å². The fraction of sp³-hybridized carbons (Fsp3) is 0.421. The molecule has 128 valence electrons. The molecule has 0 aliphatic heterocycles. The third-order valence-corrected chi connectivity index (χ3v) is 5.36. The molecule has 1 heterocycles. The maximum Gasteiger partial charge on any atom is 0.190 e. The van der Waals surface area contributed by atoms with Crippen LogP contribution in [0.2, 0.25) is 0 Å². The lowest BCUT2D eigenvalue weighted by molar-refractivity contribution is -0.00165. The first kappa shape index (κ1) is 17.4. The van der Waals surface area contributed by atoms with Crippen molar-refractivity contribution in [2.75, 3.05) is 0 Å². The maximum absolute atomic E-state index is 12.4. The summed E-state index contributed by atoms with van der Waals surface area (Å²) >= 11 is 3.53. The van der Waals surface area contributed by atoms with Crippen LogP contribution in [0.15, 0.2) is 27.5 Å². The van der Waals surface area contributed by atoms with Crippen molar-refractivity contribution < 1.29 is 4.84 Å². The van der Waals surface area contributed by atoms with Gasteiger partial charge < -0.3 is 4.98 Å². The molecule has 1 aliphatic rings. The molecule has 0 fully saturated rings. The standard InChI is InChI=1S/C19H23BrN2O2/c1-11-12(2)21-13(3)17(19(11)23)10-24-22-18-6-4-5-14-9-15(20)7-8-16(14)18/h7-9,18,22H,4-6,10H2,1-3H3,(H,21,23). The molecule has 1 aliphatic carbocycles. The zero-order chi connectivity index (χ0) is 17.3. The largest absolute Gasteiger partial charge is 0.362 e. The molecule has 0 bridgehead atoms. The van der Waals surface area contributed by atoms with Crippen LogP contribution in [0.25, 0.3) is 0 Å². The van der Waals surface area contributed by atoms with Crippen LogP contribution in [0, 0.1) is 20.8 Å². The summed E-state index contributed by atoms with van der Waals surface area (Å²) in [6.45, 7) is 5.95. The Hall–Kier alpha value is -1.43. The van der Waals surface area contributed by atoms with Crippen molar-refractivity contribution in [1.29, 1.82) is 0 Å². The summed E-state index contributed by atoms with van der Waals surface area (Å²) in [4.78, 5) is 21.4. The lowest BCUT2D eigenvalue weighted by Gasteiger charge is -2.26. The third kappa shape index (κ3) is 3.48. The first-order valence-corrected chi connectivity index (χ1v) is 9.11. The van der Waals surface area contributed by atoms with Gasteiger partial charge in [-0.05, 0) is 63.3 Å². The van der Waals surface area contributed by atoms with Crippen LogP contribution in [0.3, 0.4) is 0 Å². The number of benzene rings is 1. The molecule has 0 amide bonds. The van der Waals surface area contributed by atoms with Crippen molar-refractivity contribution in [3.8, 4) is 0 Å². The highest BCUT2D eigenvalue weighted by molar-refractivity contribution is 9.10. The van der Waals surface area contributed by atoms with E-state index in [0.717, 1.165) is 40.7 Å². The van der Waals surface area contributed by atoms with E-state index in [9.17, 15) is 4.79 Å². The average molecular weight is 391 g/mol. The number of fused-ring (bicyclic) bond motifs is 1. The lowest BCUT2D eigenvalue weighted by atomic mass is 9.88. The summed E-state index contributed by atoms with van der Waals surface area (Å²) in [6, 6.07) is 6.57. The smallest absolute Gasteiger partial charge is 0.190 e. The minimum absolute atomic E-state index is 0.0681. The number of aromatic nitrogens is 1. The molecule has 4 nitrogen and oxygen atoms in total. The highest BCUT2D eigenvalue weighted by atomic mass is 79.9. The number of aromatic amines is 1. The first-order valence-electron chi connectivity index (χ1n) is 8.32. The Morgan fingerprint density at radius 1 is 1.29 bits per heavy atom. The SMILES string of the molecule is Cc1[nH]c(C)c(CONC2CCCc3cc(Br)ccc32)c(=O)c1C. The minimum Gasteiger partial charge on any atom is -0.362 e. The quantitative estimate of drug-likeness (QED) is 0.770. The number of pyridine rings is 1. The molecule has 0 saturated carbocycles. The van der Waals surface area contributed by atoms with Gasteiger partial charge in [-0.3, -0.25) is 9.63 Å². The van der Waals surface area contributed by atoms with Gasteiger partial charge >= 0.3 is 0 Å². The van der Waals surface area contributed by atoms with Crippen LogP contribution in [-0.2, 0) is 17.9 Å². The number of rotatable bonds is 4. The monoisotopic (exact) mass is 390 g/mol. The van der Waals surface area contributed by atoms with E-state index in [1.54, 1.807) is 0 Å². The van der Waals surface area contributed by atoms with Crippen molar-refractivity contribution in [2.45, 2.75) is 52.7 Å². The summed E-state index contributed by atoms with van der Waals surface area (Å²) in [7, 11) is 0. The molecule has 1 atom stereocenters. The number of aryl methyl sites for hydroxylation is 3. The van der Waals surface area contributed by atoms with Gasteiger partial charge in [-0.25, -0.2) is 0 Å². The van der Waals surface area contributed by atoms with Gasteiger partial charge in [0, 0.05) is 27.0 Å². The number of hydroxylamine groups is 1.